The lowest BCUT2D eigenvalue weighted by molar-refractivity contribution is 0.357. The summed E-state index contributed by atoms with van der Waals surface area (Å²) in [5, 5.41) is 4.55. The van der Waals surface area contributed by atoms with E-state index in [-0.39, 0.29) is 0 Å². The van der Waals surface area contributed by atoms with Gasteiger partial charge in [-0.2, -0.15) is 0 Å². The topological polar surface area (TPSA) is 82.3 Å². The summed E-state index contributed by atoms with van der Waals surface area (Å²) in [6, 6.07) is 9.06. The number of nitrogen functional groups attached to an aromatic ring is 1. The number of hydrogen-bond donors (Lipinski definition) is 2. The Balaban J connectivity index is 2.15. The van der Waals surface area contributed by atoms with E-state index in [2.05, 4.69) is 15.3 Å². The van der Waals surface area contributed by atoms with Crippen LogP contribution in [0.3, 0.4) is 0 Å². The summed E-state index contributed by atoms with van der Waals surface area (Å²) in [6.45, 7) is 0. The number of aromatic nitrogens is 2. The molecule has 0 fully saturated rings. The van der Waals surface area contributed by atoms with Crippen LogP contribution >= 0.6 is 11.6 Å². The highest BCUT2D eigenvalue weighted by Gasteiger charge is 2.17. The molecule has 0 aliphatic heterocycles. The maximum absolute atomic E-state index is 6.24. The van der Waals surface area contributed by atoms with E-state index >= 15 is 0 Å². The second-order valence-corrected chi connectivity index (χ2v) is 5.21. The number of halogens is 1. The molecule has 118 valence electrons. The Hall–Kier alpha value is -2.73. The van der Waals surface area contributed by atoms with E-state index in [1.807, 2.05) is 12.1 Å². The van der Waals surface area contributed by atoms with Crippen molar-refractivity contribution >= 4 is 39.7 Å². The average molecular weight is 331 g/mol. The molecule has 2 aromatic carbocycles. The van der Waals surface area contributed by atoms with Gasteiger partial charge in [-0.3, -0.25) is 0 Å². The van der Waals surface area contributed by atoms with Crippen molar-refractivity contribution in [2.75, 3.05) is 25.3 Å². The van der Waals surface area contributed by atoms with Crippen LogP contribution in [0.5, 0.6) is 11.5 Å². The molecule has 0 bridgehead atoms. The van der Waals surface area contributed by atoms with Crippen LogP contribution in [0.4, 0.5) is 17.2 Å². The number of nitrogens with one attached hydrogen (secondary N) is 1. The fourth-order valence-corrected chi connectivity index (χ4v) is 2.46. The molecule has 7 heteroatoms. The second-order valence-electron chi connectivity index (χ2n) is 4.77. The third kappa shape index (κ3) is 2.80. The number of nitrogens with two attached hydrogens (primary N) is 1. The molecule has 3 rings (SSSR count). The van der Waals surface area contributed by atoms with Crippen molar-refractivity contribution in [3.8, 4) is 11.5 Å². The molecule has 0 aliphatic rings. The lowest BCUT2D eigenvalue weighted by Crippen LogP contribution is -2.02. The zero-order valence-corrected chi connectivity index (χ0v) is 13.4. The normalized spacial score (nSPS) is 10.6. The molecule has 0 aliphatic carbocycles. The van der Waals surface area contributed by atoms with E-state index in [0.29, 0.717) is 38.9 Å². The van der Waals surface area contributed by atoms with Gasteiger partial charge in [0.05, 0.1) is 30.8 Å². The van der Waals surface area contributed by atoms with Crippen molar-refractivity contribution in [2.24, 2.45) is 0 Å². The molecular formula is C16H15ClN4O2. The number of rotatable bonds is 4. The first kappa shape index (κ1) is 15.2. The highest BCUT2D eigenvalue weighted by atomic mass is 35.5. The number of nitrogens with zero attached hydrogens (tertiary/aromatic N) is 2. The quantitative estimate of drug-likeness (QED) is 0.711. The molecule has 1 aromatic heterocycles. The zero-order valence-electron chi connectivity index (χ0n) is 12.6. The zero-order chi connectivity index (χ0) is 16.4. The van der Waals surface area contributed by atoms with E-state index in [0.717, 1.165) is 5.69 Å². The van der Waals surface area contributed by atoms with Crippen LogP contribution in [0.15, 0.2) is 36.7 Å². The van der Waals surface area contributed by atoms with Crippen molar-refractivity contribution in [1.82, 2.24) is 9.97 Å². The Morgan fingerprint density at radius 2 is 1.83 bits per heavy atom. The van der Waals surface area contributed by atoms with Gasteiger partial charge < -0.3 is 20.5 Å². The van der Waals surface area contributed by atoms with Gasteiger partial charge in [-0.15, -0.1) is 0 Å². The lowest BCUT2D eigenvalue weighted by Gasteiger charge is -2.15. The number of benzene rings is 2. The van der Waals surface area contributed by atoms with Gasteiger partial charge >= 0.3 is 0 Å². The van der Waals surface area contributed by atoms with Crippen LogP contribution in [0, 0.1) is 0 Å². The standard InChI is InChI=1S/C16H15ClN4O2/c1-22-12-7-11-13(14(18)15(12)23-2)16(20-8-19-11)21-10-5-3-9(17)4-6-10/h3-8H,18H2,1-2H3,(H,19,20,21). The molecule has 1 heterocycles. The number of fused-ring (bicyclic) bond motifs is 1. The minimum absolute atomic E-state index is 0.416. The maximum Gasteiger partial charge on any atom is 0.184 e. The number of methoxy groups -OCH3 is 2. The maximum atomic E-state index is 6.24. The Kier molecular flexibility index (Phi) is 4.08. The third-order valence-electron chi connectivity index (χ3n) is 3.41. The van der Waals surface area contributed by atoms with Crippen LogP contribution in [-0.2, 0) is 0 Å². The first-order valence-corrected chi connectivity index (χ1v) is 7.19. The van der Waals surface area contributed by atoms with Crippen LogP contribution in [0.2, 0.25) is 5.02 Å². The highest BCUT2D eigenvalue weighted by molar-refractivity contribution is 6.30. The minimum Gasteiger partial charge on any atom is -0.493 e. The molecule has 0 radical (unpaired) electrons. The molecule has 23 heavy (non-hydrogen) atoms. The van der Waals surface area contributed by atoms with Gasteiger partial charge in [-0.25, -0.2) is 9.97 Å². The van der Waals surface area contributed by atoms with Gasteiger partial charge in [0, 0.05) is 16.8 Å². The number of hydrogen-bond acceptors (Lipinski definition) is 6. The predicted octanol–water partition coefficient (Wildman–Crippen LogP) is 3.63. The average Bonchev–Trinajstić information content (AvgIpc) is 2.56. The van der Waals surface area contributed by atoms with E-state index in [1.54, 1.807) is 25.3 Å². The van der Waals surface area contributed by atoms with Crippen LogP contribution in [0.25, 0.3) is 10.9 Å². The van der Waals surface area contributed by atoms with Crippen molar-refractivity contribution < 1.29 is 9.47 Å². The third-order valence-corrected chi connectivity index (χ3v) is 3.67. The van der Waals surface area contributed by atoms with E-state index in [1.165, 1.54) is 13.4 Å². The highest BCUT2D eigenvalue weighted by Crippen LogP contribution is 2.41. The fraction of sp³-hybridized carbons (Fsp3) is 0.125. The molecule has 0 amide bonds. The summed E-state index contributed by atoms with van der Waals surface area (Å²) in [6.07, 6.45) is 1.46. The van der Waals surface area contributed by atoms with Gasteiger partial charge in [0.25, 0.3) is 0 Å². The molecule has 0 saturated carbocycles. The number of anilines is 3. The first-order chi connectivity index (χ1) is 11.1. The van der Waals surface area contributed by atoms with Gasteiger partial charge in [0.15, 0.2) is 11.5 Å². The van der Waals surface area contributed by atoms with Gasteiger partial charge in [-0.1, -0.05) is 11.6 Å². The lowest BCUT2D eigenvalue weighted by atomic mass is 10.1. The molecule has 0 unspecified atom stereocenters. The Bertz CT molecular complexity index is 853. The summed E-state index contributed by atoms with van der Waals surface area (Å²) >= 11 is 5.90. The van der Waals surface area contributed by atoms with E-state index in [4.69, 9.17) is 26.8 Å². The molecule has 6 nitrogen and oxygen atoms in total. The summed E-state index contributed by atoms with van der Waals surface area (Å²) in [5.41, 5.74) is 8.15. The van der Waals surface area contributed by atoms with Gasteiger partial charge in [0.1, 0.15) is 12.1 Å². The SMILES string of the molecule is COc1cc2ncnc(Nc3ccc(Cl)cc3)c2c(N)c1OC. The largest absolute Gasteiger partial charge is 0.493 e. The molecule has 0 saturated heterocycles. The summed E-state index contributed by atoms with van der Waals surface area (Å²) in [4.78, 5) is 8.54. The van der Waals surface area contributed by atoms with Gasteiger partial charge in [-0.05, 0) is 24.3 Å². The van der Waals surface area contributed by atoms with Crippen LogP contribution in [0.1, 0.15) is 0 Å². The monoisotopic (exact) mass is 330 g/mol. The molecule has 0 spiro atoms. The summed E-state index contributed by atoms with van der Waals surface area (Å²) in [7, 11) is 3.09. The van der Waals surface area contributed by atoms with Crippen molar-refractivity contribution in [1.29, 1.82) is 0 Å². The Morgan fingerprint density at radius 1 is 1.09 bits per heavy atom. The van der Waals surface area contributed by atoms with E-state index in [9.17, 15) is 0 Å². The van der Waals surface area contributed by atoms with Gasteiger partial charge in [0.2, 0.25) is 0 Å². The van der Waals surface area contributed by atoms with Crippen LogP contribution < -0.4 is 20.5 Å². The Morgan fingerprint density at radius 3 is 2.48 bits per heavy atom. The number of ether oxygens (including phenoxy) is 2. The van der Waals surface area contributed by atoms with Crippen molar-refractivity contribution in [2.45, 2.75) is 0 Å². The van der Waals surface area contributed by atoms with Crippen LogP contribution in [-0.4, -0.2) is 24.2 Å². The van der Waals surface area contributed by atoms with E-state index < -0.39 is 0 Å². The fourth-order valence-electron chi connectivity index (χ4n) is 2.34. The van der Waals surface area contributed by atoms with Crippen molar-refractivity contribution in [3.63, 3.8) is 0 Å². The molecule has 3 aromatic rings. The molecule has 0 atom stereocenters. The molecule has 3 N–H and O–H groups in total. The van der Waals surface area contributed by atoms with Crippen molar-refractivity contribution in [3.05, 3.63) is 41.7 Å². The smallest absolute Gasteiger partial charge is 0.184 e. The first-order valence-electron chi connectivity index (χ1n) is 6.81. The second kappa shape index (κ2) is 6.18. The predicted molar refractivity (Wildman–Crippen MR) is 91.8 cm³/mol. The summed E-state index contributed by atoms with van der Waals surface area (Å²) in [5.74, 6) is 1.55. The minimum atomic E-state index is 0.416. The summed E-state index contributed by atoms with van der Waals surface area (Å²) < 4.78 is 10.6. The Labute approximate surface area is 138 Å². The molecular weight excluding hydrogens is 316 g/mol.